The van der Waals surface area contributed by atoms with Crippen LogP contribution < -0.4 is 5.32 Å². The molecule has 1 aliphatic rings. The Labute approximate surface area is 143 Å². The third kappa shape index (κ3) is 2.87. The number of anilines is 1. The molecule has 0 saturated heterocycles. The number of aryl methyl sites for hydroxylation is 2. The maximum Gasteiger partial charge on any atom is 0.285 e. The first-order chi connectivity index (χ1) is 11.4. The van der Waals surface area contributed by atoms with Crippen LogP contribution >= 0.6 is 0 Å². The van der Waals surface area contributed by atoms with Crippen LogP contribution in [0.4, 0.5) is 5.69 Å². The third-order valence-corrected chi connectivity index (χ3v) is 5.67. The number of nitrogens with one attached hydrogen (secondary N) is 1. The Kier molecular flexibility index (Phi) is 4.28. The molecular weight excluding hydrogens is 320 g/mol. The van der Waals surface area contributed by atoms with E-state index >= 15 is 0 Å². The van der Waals surface area contributed by atoms with Crippen LogP contribution in [0.1, 0.15) is 30.5 Å². The van der Waals surface area contributed by atoms with Gasteiger partial charge in [0.05, 0.1) is 0 Å². The minimum absolute atomic E-state index is 0.275. The molecule has 1 N–H and O–H groups in total. The molecule has 0 bridgehead atoms. The van der Waals surface area contributed by atoms with Gasteiger partial charge in [0.1, 0.15) is 10.7 Å². The number of hydrogen-bond donors (Lipinski definition) is 1. The minimum atomic E-state index is -3.69. The van der Waals surface area contributed by atoms with Gasteiger partial charge < -0.3 is 5.32 Å². The molecule has 2 aromatic rings. The molecule has 0 atom stereocenters. The van der Waals surface area contributed by atoms with Gasteiger partial charge in [-0.1, -0.05) is 55.5 Å². The summed E-state index contributed by atoms with van der Waals surface area (Å²) < 4.78 is 29.0. The van der Waals surface area contributed by atoms with E-state index in [2.05, 4.69) is 16.6 Å². The predicted molar refractivity (Wildman–Crippen MR) is 99.6 cm³/mol. The fraction of sp³-hybridized carbons (Fsp3) is 0.211. The number of nitrogens with zero attached hydrogens (tertiary/aromatic N) is 1. The highest BCUT2D eigenvalue weighted by Gasteiger charge is 2.31. The molecule has 0 spiro atoms. The zero-order valence-corrected chi connectivity index (χ0v) is 14.8. The van der Waals surface area contributed by atoms with Gasteiger partial charge in [0.25, 0.3) is 10.0 Å². The molecule has 0 aliphatic carbocycles. The lowest BCUT2D eigenvalue weighted by Gasteiger charge is -2.14. The summed E-state index contributed by atoms with van der Waals surface area (Å²) in [6, 6.07) is 15.1. The number of amidine groups is 1. The second-order valence-corrected chi connectivity index (χ2v) is 7.36. The lowest BCUT2D eigenvalue weighted by Crippen LogP contribution is -2.14. The Bertz CT molecular complexity index is 943. The van der Waals surface area contributed by atoms with Crippen LogP contribution in [0.25, 0.3) is 4.91 Å². The molecule has 3 rings (SSSR count). The number of sulfonamides is 1. The van der Waals surface area contributed by atoms with Crippen LogP contribution in [0.5, 0.6) is 0 Å². The molecular formula is C19H20N2O2S. The molecule has 0 unspecified atom stereocenters. The average Bonchev–Trinajstić information content (AvgIpc) is 2.79. The number of rotatable bonds is 3. The SMILES string of the molecule is CCc1cccc(C)c1NC1=NS(=O)(=O)C(c2ccccc2)=C1C. The largest absolute Gasteiger partial charge is 0.339 e. The smallest absolute Gasteiger partial charge is 0.285 e. The van der Waals surface area contributed by atoms with Crippen molar-refractivity contribution in [1.29, 1.82) is 0 Å². The molecule has 0 saturated carbocycles. The van der Waals surface area contributed by atoms with Crippen molar-refractivity contribution < 1.29 is 8.42 Å². The summed E-state index contributed by atoms with van der Waals surface area (Å²) in [7, 11) is -3.69. The Morgan fingerprint density at radius 3 is 2.38 bits per heavy atom. The van der Waals surface area contributed by atoms with E-state index in [1.807, 2.05) is 43.3 Å². The van der Waals surface area contributed by atoms with Gasteiger partial charge in [-0.25, -0.2) is 0 Å². The highest BCUT2D eigenvalue weighted by Crippen LogP contribution is 2.33. The van der Waals surface area contributed by atoms with Gasteiger partial charge >= 0.3 is 0 Å². The van der Waals surface area contributed by atoms with Crippen LogP contribution in [0.15, 0.2) is 58.5 Å². The van der Waals surface area contributed by atoms with Crippen LogP contribution in [-0.2, 0) is 16.4 Å². The molecule has 0 fully saturated rings. The highest BCUT2D eigenvalue weighted by molar-refractivity contribution is 8.00. The molecule has 124 valence electrons. The highest BCUT2D eigenvalue weighted by atomic mass is 32.2. The molecule has 5 heteroatoms. The summed E-state index contributed by atoms with van der Waals surface area (Å²) in [5.74, 6) is 0.401. The van der Waals surface area contributed by atoms with Gasteiger partial charge in [0, 0.05) is 11.3 Å². The number of benzene rings is 2. The second kappa shape index (κ2) is 6.24. The summed E-state index contributed by atoms with van der Waals surface area (Å²) in [5, 5.41) is 3.25. The molecule has 4 nitrogen and oxygen atoms in total. The van der Waals surface area contributed by atoms with Gasteiger partial charge in [0.15, 0.2) is 0 Å². The topological polar surface area (TPSA) is 58.5 Å². The normalized spacial score (nSPS) is 16.2. The average molecular weight is 340 g/mol. The second-order valence-electron chi connectivity index (χ2n) is 5.82. The van der Waals surface area contributed by atoms with Crippen molar-refractivity contribution >= 4 is 26.5 Å². The molecule has 0 amide bonds. The maximum absolute atomic E-state index is 12.5. The van der Waals surface area contributed by atoms with E-state index in [1.54, 1.807) is 19.1 Å². The molecule has 0 aromatic heterocycles. The Hall–Kier alpha value is -2.40. The quantitative estimate of drug-likeness (QED) is 0.913. The van der Waals surface area contributed by atoms with Crippen LogP contribution in [0.3, 0.4) is 0 Å². The number of para-hydroxylation sites is 1. The zero-order valence-electron chi connectivity index (χ0n) is 14.0. The van der Waals surface area contributed by atoms with E-state index in [0.717, 1.165) is 23.2 Å². The zero-order chi connectivity index (χ0) is 17.3. The van der Waals surface area contributed by atoms with Gasteiger partial charge in [-0.2, -0.15) is 8.42 Å². The van der Waals surface area contributed by atoms with Crippen molar-refractivity contribution in [2.24, 2.45) is 4.40 Å². The molecule has 24 heavy (non-hydrogen) atoms. The van der Waals surface area contributed by atoms with Gasteiger partial charge in [-0.15, -0.1) is 4.40 Å². The fourth-order valence-corrected chi connectivity index (χ4v) is 4.36. The molecule has 2 aromatic carbocycles. The van der Waals surface area contributed by atoms with E-state index in [0.29, 0.717) is 17.0 Å². The lowest BCUT2D eigenvalue weighted by molar-refractivity contribution is 0.608. The lowest BCUT2D eigenvalue weighted by atomic mass is 10.0. The van der Waals surface area contributed by atoms with Crippen molar-refractivity contribution in [3.63, 3.8) is 0 Å². The molecule has 1 aliphatic heterocycles. The number of hydrogen-bond acceptors (Lipinski definition) is 3. The molecule has 1 heterocycles. The van der Waals surface area contributed by atoms with Crippen molar-refractivity contribution in [2.75, 3.05) is 5.32 Å². The standard InChI is InChI=1S/C19H20N2O2S/c1-4-15-12-8-9-13(2)17(15)20-19-14(3)18(24(22,23)21-19)16-10-6-5-7-11-16/h5-12H,4H2,1-3H3,(H,20,21). The van der Waals surface area contributed by atoms with E-state index in [1.165, 1.54) is 0 Å². The van der Waals surface area contributed by atoms with Crippen LogP contribution in [0, 0.1) is 6.92 Å². The van der Waals surface area contributed by atoms with Gasteiger partial charge in [-0.05, 0) is 37.0 Å². The first kappa shape index (κ1) is 16.5. The van der Waals surface area contributed by atoms with E-state index in [-0.39, 0.29) is 4.91 Å². The molecule has 0 radical (unpaired) electrons. The monoisotopic (exact) mass is 340 g/mol. The van der Waals surface area contributed by atoms with Crippen LogP contribution in [0.2, 0.25) is 0 Å². The first-order valence-electron chi connectivity index (χ1n) is 7.91. The van der Waals surface area contributed by atoms with Gasteiger partial charge in [-0.3, -0.25) is 0 Å². The van der Waals surface area contributed by atoms with Crippen LogP contribution in [-0.4, -0.2) is 14.3 Å². The van der Waals surface area contributed by atoms with E-state index < -0.39 is 10.0 Å². The van der Waals surface area contributed by atoms with E-state index in [9.17, 15) is 8.42 Å². The van der Waals surface area contributed by atoms with E-state index in [4.69, 9.17) is 0 Å². The Morgan fingerprint density at radius 2 is 1.71 bits per heavy atom. The third-order valence-electron chi connectivity index (χ3n) is 4.18. The van der Waals surface area contributed by atoms with Crippen molar-refractivity contribution in [3.05, 3.63) is 70.8 Å². The Balaban J connectivity index is 2.07. The minimum Gasteiger partial charge on any atom is -0.339 e. The summed E-state index contributed by atoms with van der Waals surface area (Å²) in [4.78, 5) is 0.275. The summed E-state index contributed by atoms with van der Waals surface area (Å²) in [5.41, 5.74) is 4.44. The Morgan fingerprint density at radius 1 is 1.00 bits per heavy atom. The van der Waals surface area contributed by atoms with Crippen molar-refractivity contribution in [2.45, 2.75) is 27.2 Å². The summed E-state index contributed by atoms with van der Waals surface area (Å²) in [6.07, 6.45) is 0.859. The van der Waals surface area contributed by atoms with Crippen molar-refractivity contribution in [1.82, 2.24) is 0 Å². The first-order valence-corrected chi connectivity index (χ1v) is 9.35. The van der Waals surface area contributed by atoms with Gasteiger partial charge in [0.2, 0.25) is 0 Å². The maximum atomic E-state index is 12.5. The predicted octanol–water partition coefficient (Wildman–Crippen LogP) is 4.14. The summed E-state index contributed by atoms with van der Waals surface area (Å²) >= 11 is 0. The van der Waals surface area contributed by atoms with Crippen molar-refractivity contribution in [3.8, 4) is 0 Å². The fourth-order valence-electron chi connectivity index (χ4n) is 2.93. The summed E-state index contributed by atoms with van der Waals surface area (Å²) in [6.45, 7) is 5.87.